The molecule has 0 atom stereocenters. The van der Waals surface area contributed by atoms with Crippen LogP contribution in [-0.2, 0) is 7.05 Å². The van der Waals surface area contributed by atoms with E-state index in [1.54, 1.807) is 10.7 Å². The van der Waals surface area contributed by atoms with Crippen LogP contribution in [-0.4, -0.2) is 33.8 Å². The van der Waals surface area contributed by atoms with E-state index in [1.165, 1.54) is 0 Å². The van der Waals surface area contributed by atoms with Gasteiger partial charge in [0, 0.05) is 18.1 Å². The van der Waals surface area contributed by atoms with Gasteiger partial charge in [0.1, 0.15) is 12.4 Å². The van der Waals surface area contributed by atoms with E-state index in [0.717, 1.165) is 38.9 Å². The molecule has 0 aliphatic carbocycles. The van der Waals surface area contributed by atoms with Crippen molar-refractivity contribution in [3.8, 4) is 5.75 Å². The van der Waals surface area contributed by atoms with Gasteiger partial charge < -0.3 is 10.1 Å². The molecule has 4 aromatic rings. The normalized spacial score (nSPS) is 11.1. The molecular formula is C22H22N4O2. The molecule has 0 fully saturated rings. The summed E-state index contributed by atoms with van der Waals surface area (Å²) >= 11 is 0. The summed E-state index contributed by atoms with van der Waals surface area (Å²) in [5, 5.41) is 10.3. The molecule has 142 valence electrons. The van der Waals surface area contributed by atoms with Crippen LogP contribution in [0, 0.1) is 13.8 Å². The highest BCUT2D eigenvalue weighted by Crippen LogP contribution is 2.25. The molecule has 0 aliphatic rings. The Bertz CT molecular complexity index is 1170. The van der Waals surface area contributed by atoms with Crippen LogP contribution >= 0.6 is 0 Å². The summed E-state index contributed by atoms with van der Waals surface area (Å²) < 4.78 is 7.61. The zero-order valence-electron chi connectivity index (χ0n) is 16.2. The average Bonchev–Trinajstić information content (AvgIpc) is 2.98. The molecule has 28 heavy (non-hydrogen) atoms. The lowest BCUT2D eigenvalue weighted by Gasteiger charge is -2.11. The summed E-state index contributed by atoms with van der Waals surface area (Å²) in [4.78, 5) is 17.3. The number of hydrogen-bond donors (Lipinski definition) is 1. The average molecular weight is 374 g/mol. The maximum absolute atomic E-state index is 12.8. The van der Waals surface area contributed by atoms with Crippen molar-refractivity contribution in [3.63, 3.8) is 0 Å². The molecule has 6 nitrogen and oxygen atoms in total. The van der Waals surface area contributed by atoms with Crippen LogP contribution in [0.4, 0.5) is 0 Å². The van der Waals surface area contributed by atoms with Gasteiger partial charge in [-0.1, -0.05) is 36.4 Å². The van der Waals surface area contributed by atoms with Crippen molar-refractivity contribution in [2.45, 2.75) is 13.8 Å². The van der Waals surface area contributed by atoms with Crippen molar-refractivity contribution >= 4 is 27.7 Å². The number of hydrogen-bond acceptors (Lipinski definition) is 4. The van der Waals surface area contributed by atoms with Gasteiger partial charge >= 0.3 is 0 Å². The Labute approximate surface area is 163 Å². The SMILES string of the molecule is Cc1cc(C(=O)NCCOc2cccc3ccccc23)c2c(C)nn(C)c2n1. The molecule has 0 saturated carbocycles. The lowest BCUT2D eigenvalue weighted by atomic mass is 10.1. The first-order valence-electron chi connectivity index (χ1n) is 9.24. The Kier molecular flexibility index (Phi) is 4.69. The Morgan fingerprint density at radius 2 is 1.93 bits per heavy atom. The van der Waals surface area contributed by atoms with Gasteiger partial charge in [-0.3, -0.25) is 9.48 Å². The summed E-state index contributed by atoms with van der Waals surface area (Å²) in [7, 11) is 1.83. The number of nitrogens with zero attached hydrogens (tertiary/aromatic N) is 3. The maximum Gasteiger partial charge on any atom is 0.252 e. The van der Waals surface area contributed by atoms with Crippen LogP contribution in [0.1, 0.15) is 21.7 Å². The van der Waals surface area contributed by atoms with Crippen LogP contribution in [0.15, 0.2) is 48.5 Å². The summed E-state index contributed by atoms with van der Waals surface area (Å²) in [6.45, 7) is 4.56. The number of aryl methyl sites for hydroxylation is 3. The molecule has 6 heteroatoms. The topological polar surface area (TPSA) is 69.0 Å². The summed E-state index contributed by atoms with van der Waals surface area (Å²) in [6.07, 6.45) is 0. The predicted octanol–water partition coefficient (Wildman–Crippen LogP) is 3.55. The summed E-state index contributed by atoms with van der Waals surface area (Å²) in [5.74, 6) is 0.672. The fourth-order valence-electron chi connectivity index (χ4n) is 3.49. The monoisotopic (exact) mass is 374 g/mol. The number of fused-ring (bicyclic) bond motifs is 2. The van der Waals surface area contributed by atoms with Crippen molar-refractivity contribution < 1.29 is 9.53 Å². The molecule has 4 rings (SSSR count). The predicted molar refractivity (Wildman–Crippen MR) is 110 cm³/mol. The standard InChI is InChI=1S/C22H22N4O2/c1-14-13-18(20-15(2)25-26(3)21(20)24-14)22(27)23-11-12-28-19-10-6-8-16-7-4-5-9-17(16)19/h4-10,13H,11-12H2,1-3H3,(H,23,27). The van der Waals surface area contributed by atoms with Gasteiger partial charge in [-0.2, -0.15) is 5.10 Å². The minimum atomic E-state index is -0.145. The van der Waals surface area contributed by atoms with E-state index in [-0.39, 0.29) is 5.91 Å². The zero-order chi connectivity index (χ0) is 19.7. The number of carbonyl (C=O) groups is 1. The number of ether oxygens (including phenoxy) is 1. The van der Waals surface area contributed by atoms with Crippen molar-refractivity contribution in [2.24, 2.45) is 7.05 Å². The number of amides is 1. The van der Waals surface area contributed by atoms with E-state index < -0.39 is 0 Å². The molecule has 2 aromatic carbocycles. The quantitative estimate of drug-likeness (QED) is 0.543. The number of nitrogens with one attached hydrogen (secondary N) is 1. The number of carbonyl (C=O) groups excluding carboxylic acids is 1. The molecule has 0 unspecified atom stereocenters. The molecule has 0 saturated heterocycles. The molecule has 2 aromatic heterocycles. The molecule has 0 aliphatic heterocycles. The number of aromatic nitrogens is 3. The van der Waals surface area contributed by atoms with Gasteiger partial charge in [0.25, 0.3) is 5.91 Å². The molecule has 0 bridgehead atoms. The zero-order valence-corrected chi connectivity index (χ0v) is 16.2. The third-order valence-corrected chi connectivity index (χ3v) is 4.74. The highest BCUT2D eigenvalue weighted by Gasteiger charge is 2.17. The molecule has 1 amide bonds. The van der Waals surface area contributed by atoms with Crippen molar-refractivity contribution in [3.05, 3.63) is 65.5 Å². The van der Waals surface area contributed by atoms with E-state index >= 15 is 0 Å². The highest BCUT2D eigenvalue weighted by atomic mass is 16.5. The second-order valence-corrected chi connectivity index (χ2v) is 6.80. The van der Waals surface area contributed by atoms with E-state index in [0.29, 0.717) is 18.7 Å². The summed E-state index contributed by atoms with van der Waals surface area (Å²) in [6, 6.07) is 15.8. The van der Waals surface area contributed by atoms with Crippen LogP contribution in [0.5, 0.6) is 5.75 Å². The van der Waals surface area contributed by atoms with Crippen LogP contribution < -0.4 is 10.1 Å². The number of rotatable bonds is 5. The first-order valence-corrected chi connectivity index (χ1v) is 9.24. The van der Waals surface area contributed by atoms with Gasteiger partial charge in [0.2, 0.25) is 0 Å². The Morgan fingerprint density at radius 3 is 2.79 bits per heavy atom. The van der Waals surface area contributed by atoms with Crippen molar-refractivity contribution in [1.29, 1.82) is 0 Å². The lowest BCUT2D eigenvalue weighted by molar-refractivity contribution is 0.0948. The molecular weight excluding hydrogens is 352 g/mol. The fraction of sp³-hybridized carbons (Fsp3) is 0.227. The van der Waals surface area contributed by atoms with Gasteiger partial charge in [0.15, 0.2) is 5.65 Å². The van der Waals surface area contributed by atoms with Crippen molar-refractivity contribution in [1.82, 2.24) is 20.1 Å². The second-order valence-electron chi connectivity index (χ2n) is 6.80. The van der Waals surface area contributed by atoms with Crippen LogP contribution in [0.2, 0.25) is 0 Å². The Balaban J connectivity index is 1.46. The minimum Gasteiger partial charge on any atom is -0.491 e. The third kappa shape index (κ3) is 3.29. The lowest BCUT2D eigenvalue weighted by Crippen LogP contribution is -2.28. The second kappa shape index (κ2) is 7.31. The first kappa shape index (κ1) is 18.0. The Hall–Kier alpha value is -3.41. The minimum absolute atomic E-state index is 0.145. The first-order chi connectivity index (χ1) is 13.5. The largest absolute Gasteiger partial charge is 0.491 e. The van der Waals surface area contributed by atoms with E-state index in [1.807, 2.05) is 51.2 Å². The maximum atomic E-state index is 12.8. The van der Waals surface area contributed by atoms with Gasteiger partial charge in [0.05, 0.1) is 23.2 Å². The Morgan fingerprint density at radius 1 is 1.14 bits per heavy atom. The molecule has 0 radical (unpaired) electrons. The van der Waals surface area contributed by atoms with Gasteiger partial charge in [-0.15, -0.1) is 0 Å². The number of pyridine rings is 1. The highest BCUT2D eigenvalue weighted by molar-refractivity contribution is 6.06. The molecule has 2 heterocycles. The van der Waals surface area contributed by atoms with Crippen LogP contribution in [0.25, 0.3) is 21.8 Å². The van der Waals surface area contributed by atoms with Crippen molar-refractivity contribution in [2.75, 3.05) is 13.2 Å². The van der Waals surface area contributed by atoms with E-state index in [2.05, 4.69) is 27.5 Å². The van der Waals surface area contributed by atoms with Gasteiger partial charge in [-0.05, 0) is 31.4 Å². The van der Waals surface area contributed by atoms with E-state index in [9.17, 15) is 4.79 Å². The van der Waals surface area contributed by atoms with Gasteiger partial charge in [-0.25, -0.2) is 4.98 Å². The fourth-order valence-corrected chi connectivity index (χ4v) is 3.49. The summed E-state index contributed by atoms with van der Waals surface area (Å²) in [5.41, 5.74) is 2.89. The molecule has 0 spiro atoms. The van der Waals surface area contributed by atoms with E-state index in [4.69, 9.17) is 4.74 Å². The third-order valence-electron chi connectivity index (χ3n) is 4.74. The van der Waals surface area contributed by atoms with Crippen LogP contribution in [0.3, 0.4) is 0 Å². The molecule has 1 N–H and O–H groups in total. The smallest absolute Gasteiger partial charge is 0.252 e. The number of benzene rings is 2.